The van der Waals surface area contributed by atoms with E-state index in [1.807, 2.05) is 38.1 Å². The Morgan fingerprint density at radius 1 is 0.931 bits per heavy atom. The Kier molecular flexibility index (Phi) is 6.72. The lowest BCUT2D eigenvalue weighted by molar-refractivity contribution is 0.0530. The minimum atomic E-state index is -0.457. The van der Waals surface area contributed by atoms with Crippen molar-refractivity contribution in [2.75, 3.05) is 25.1 Å². The van der Waals surface area contributed by atoms with E-state index in [2.05, 4.69) is 5.32 Å². The van der Waals surface area contributed by atoms with Gasteiger partial charge in [0.05, 0.1) is 19.8 Å². The van der Waals surface area contributed by atoms with Gasteiger partial charge in [-0.15, -0.1) is 11.3 Å². The van der Waals surface area contributed by atoms with Gasteiger partial charge in [-0.3, -0.25) is 4.79 Å². The molecular formula is C22H23NO5S. The van der Waals surface area contributed by atoms with Crippen LogP contribution in [-0.4, -0.2) is 31.7 Å². The number of hydrogen-bond donors (Lipinski definition) is 1. The van der Waals surface area contributed by atoms with Gasteiger partial charge in [-0.2, -0.15) is 0 Å². The van der Waals surface area contributed by atoms with E-state index >= 15 is 0 Å². The molecule has 0 saturated heterocycles. The van der Waals surface area contributed by atoms with Crippen molar-refractivity contribution in [1.29, 1.82) is 0 Å². The summed E-state index contributed by atoms with van der Waals surface area (Å²) < 4.78 is 17.2. The zero-order valence-electron chi connectivity index (χ0n) is 16.6. The number of nitrogens with one attached hydrogen (secondary N) is 1. The Labute approximate surface area is 173 Å². The first-order chi connectivity index (χ1) is 14.1. The summed E-state index contributed by atoms with van der Waals surface area (Å²) in [6, 6.07) is 12.5. The van der Waals surface area contributed by atoms with Crippen LogP contribution in [0.1, 0.15) is 41.5 Å². The molecule has 0 bridgehead atoms. The zero-order chi connectivity index (χ0) is 20.8. The second-order valence-corrected chi connectivity index (χ2v) is 7.06. The van der Waals surface area contributed by atoms with Gasteiger partial charge >= 0.3 is 5.97 Å². The largest absolute Gasteiger partial charge is 0.490 e. The maximum absolute atomic E-state index is 12.9. The lowest BCUT2D eigenvalue weighted by Gasteiger charge is -2.12. The first-order valence-electron chi connectivity index (χ1n) is 9.48. The Balaban J connectivity index is 1.94. The van der Waals surface area contributed by atoms with Gasteiger partial charge in [0.1, 0.15) is 10.6 Å². The number of esters is 1. The predicted molar refractivity (Wildman–Crippen MR) is 115 cm³/mol. The highest BCUT2D eigenvalue weighted by atomic mass is 32.1. The summed E-state index contributed by atoms with van der Waals surface area (Å²) in [4.78, 5) is 25.4. The molecule has 2 aromatic carbocycles. The van der Waals surface area contributed by atoms with E-state index in [0.29, 0.717) is 40.8 Å². The zero-order valence-corrected chi connectivity index (χ0v) is 17.4. The summed E-state index contributed by atoms with van der Waals surface area (Å²) in [5, 5.41) is 4.08. The summed E-state index contributed by atoms with van der Waals surface area (Å²) in [5.74, 6) is 0.289. The Hall–Kier alpha value is -3.06. The molecule has 3 rings (SSSR count). The van der Waals surface area contributed by atoms with E-state index in [0.717, 1.165) is 10.1 Å². The lowest BCUT2D eigenvalue weighted by atomic mass is 10.1. The Morgan fingerprint density at radius 3 is 2.38 bits per heavy atom. The Bertz CT molecular complexity index is 1030. The third-order valence-corrected chi connectivity index (χ3v) is 5.19. The lowest BCUT2D eigenvalue weighted by Crippen LogP contribution is -2.14. The highest BCUT2D eigenvalue weighted by Gasteiger charge is 2.22. The van der Waals surface area contributed by atoms with Crippen LogP contribution in [0, 0.1) is 0 Å². The summed E-state index contributed by atoms with van der Waals surface area (Å²) in [6.45, 7) is 6.71. The van der Waals surface area contributed by atoms with Crippen LogP contribution in [0.3, 0.4) is 0 Å². The van der Waals surface area contributed by atoms with E-state index < -0.39 is 5.97 Å². The minimum Gasteiger partial charge on any atom is -0.490 e. The summed E-state index contributed by atoms with van der Waals surface area (Å²) >= 11 is 1.34. The molecule has 0 aliphatic carbocycles. The molecule has 1 amide bonds. The monoisotopic (exact) mass is 413 g/mol. The molecule has 3 aromatic rings. The van der Waals surface area contributed by atoms with Crippen molar-refractivity contribution in [3.63, 3.8) is 0 Å². The topological polar surface area (TPSA) is 73.9 Å². The van der Waals surface area contributed by atoms with Crippen molar-refractivity contribution in [1.82, 2.24) is 0 Å². The molecule has 0 fully saturated rings. The van der Waals surface area contributed by atoms with Gasteiger partial charge in [0.15, 0.2) is 11.5 Å². The molecule has 152 valence electrons. The van der Waals surface area contributed by atoms with Gasteiger partial charge in [0.2, 0.25) is 0 Å². The fourth-order valence-corrected chi connectivity index (χ4v) is 3.99. The van der Waals surface area contributed by atoms with Gasteiger partial charge in [-0.1, -0.05) is 18.2 Å². The van der Waals surface area contributed by atoms with Gasteiger partial charge in [0, 0.05) is 15.6 Å². The van der Waals surface area contributed by atoms with E-state index in [1.165, 1.54) is 11.3 Å². The summed E-state index contributed by atoms with van der Waals surface area (Å²) in [6.07, 6.45) is 0. The van der Waals surface area contributed by atoms with Gasteiger partial charge in [-0.05, 0) is 45.0 Å². The second kappa shape index (κ2) is 9.43. The van der Waals surface area contributed by atoms with Gasteiger partial charge in [0.25, 0.3) is 5.91 Å². The quantitative estimate of drug-likeness (QED) is 0.519. The van der Waals surface area contributed by atoms with Crippen LogP contribution >= 0.6 is 11.3 Å². The first kappa shape index (κ1) is 20.7. The molecule has 7 heteroatoms. The number of amides is 1. The highest BCUT2D eigenvalue weighted by molar-refractivity contribution is 7.23. The molecule has 0 aliphatic heterocycles. The number of benzene rings is 2. The predicted octanol–water partition coefficient (Wildman–Crippen LogP) is 5.13. The van der Waals surface area contributed by atoms with Crippen molar-refractivity contribution >= 4 is 38.3 Å². The third kappa shape index (κ3) is 4.51. The van der Waals surface area contributed by atoms with E-state index in [-0.39, 0.29) is 12.5 Å². The number of anilines is 1. The SMILES string of the molecule is CCOC(=O)c1c(NC(=O)c2ccc(OCC)c(OCC)c2)sc2ccccc12. The molecular weight excluding hydrogens is 390 g/mol. The molecule has 1 aromatic heterocycles. The summed E-state index contributed by atoms with van der Waals surface area (Å²) in [5.41, 5.74) is 0.779. The van der Waals surface area contributed by atoms with Crippen molar-refractivity contribution in [2.45, 2.75) is 20.8 Å². The number of fused-ring (bicyclic) bond motifs is 1. The molecule has 29 heavy (non-hydrogen) atoms. The van der Waals surface area contributed by atoms with E-state index in [4.69, 9.17) is 14.2 Å². The van der Waals surface area contributed by atoms with Gasteiger partial charge < -0.3 is 19.5 Å². The smallest absolute Gasteiger partial charge is 0.341 e. The number of carbonyl (C=O) groups excluding carboxylic acids is 2. The van der Waals surface area contributed by atoms with Crippen LogP contribution in [0.4, 0.5) is 5.00 Å². The standard InChI is InChI=1S/C22H23NO5S/c1-4-26-16-12-11-14(13-17(16)27-5-2)20(24)23-21-19(22(25)28-6-3)15-9-7-8-10-18(15)29-21/h7-13H,4-6H2,1-3H3,(H,23,24). The Morgan fingerprint density at radius 2 is 1.66 bits per heavy atom. The normalized spacial score (nSPS) is 10.6. The van der Waals surface area contributed by atoms with Crippen molar-refractivity contribution < 1.29 is 23.8 Å². The van der Waals surface area contributed by atoms with Crippen LogP contribution in [-0.2, 0) is 4.74 Å². The molecule has 1 heterocycles. The number of ether oxygens (including phenoxy) is 3. The second-order valence-electron chi connectivity index (χ2n) is 6.00. The van der Waals surface area contributed by atoms with Crippen molar-refractivity contribution in [2.24, 2.45) is 0 Å². The summed E-state index contributed by atoms with van der Waals surface area (Å²) in [7, 11) is 0. The average Bonchev–Trinajstić information content (AvgIpc) is 3.07. The number of carbonyl (C=O) groups is 2. The number of rotatable bonds is 8. The molecule has 0 aliphatic rings. The fraction of sp³-hybridized carbons (Fsp3) is 0.273. The maximum atomic E-state index is 12.9. The molecule has 0 radical (unpaired) electrons. The maximum Gasteiger partial charge on any atom is 0.341 e. The fourth-order valence-electron chi connectivity index (χ4n) is 2.91. The third-order valence-electron chi connectivity index (χ3n) is 4.11. The van der Waals surface area contributed by atoms with Crippen molar-refractivity contribution in [3.8, 4) is 11.5 Å². The van der Waals surface area contributed by atoms with Crippen LogP contribution in [0.5, 0.6) is 11.5 Å². The van der Waals surface area contributed by atoms with E-state index in [9.17, 15) is 9.59 Å². The van der Waals surface area contributed by atoms with Gasteiger partial charge in [-0.25, -0.2) is 4.79 Å². The minimum absolute atomic E-state index is 0.257. The molecule has 0 unspecified atom stereocenters. The molecule has 1 N–H and O–H groups in total. The molecule has 0 saturated carbocycles. The molecule has 0 spiro atoms. The van der Waals surface area contributed by atoms with Crippen LogP contribution < -0.4 is 14.8 Å². The van der Waals surface area contributed by atoms with Crippen LogP contribution in [0.15, 0.2) is 42.5 Å². The average molecular weight is 413 g/mol. The van der Waals surface area contributed by atoms with Crippen LogP contribution in [0.2, 0.25) is 0 Å². The first-order valence-corrected chi connectivity index (χ1v) is 10.3. The van der Waals surface area contributed by atoms with Crippen LogP contribution in [0.25, 0.3) is 10.1 Å². The molecule has 6 nitrogen and oxygen atoms in total. The molecule has 0 atom stereocenters. The van der Waals surface area contributed by atoms with Crippen molar-refractivity contribution in [3.05, 3.63) is 53.6 Å². The highest BCUT2D eigenvalue weighted by Crippen LogP contribution is 2.37. The number of thiophene rings is 1. The van der Waals surface area contributed by atoms with E-state index in [1.54, 1.807) is 25.1 Å². The number of hydrogen-bond acceptors (Lipinski definition) is 6.